The third-order valence-electron chi connectivity index (χ3n) is 4.35. The summed E-state index contributed by atoms with van der Waals surface area (Å²) in [5.41, 5.74) is 0.356. The standard InChI is InChI=1S/C16H34N2O2/c1-14-6-5-7-16(10-14,12-17-8-9-20-4)13-18(3)11-15(2)19/h14-15,17,19H,5-13H2,1-4H3. The van der Waals surface area contributed by atoms with E-state index < -0.39 is 0 Å². The van der Waals surface area contributed by atoms with E-state index in [9.17, 15) is 5.11 Å². The van der Waals surface area contributed by atoms with Crippen LogP contribution in [0.5, 0.6) is 0 Å². The highest BCUT2D eigenvalue weighted by Crippen LogP contribution is 2.39. The van der Waals surface area contributed by atoms with Crippen LogP contribution in [-0.2, 0) is 4.74 Å². The van der Waals surface area contributed by atoms with Gasteiger partial charge in [0, 0.05) is 33.3 Å². The lowest BCUT2D eigenvalue weighted by Gasteiger charge is -2.43. The van der Waals surface area contributed by atoms with Gasteiger partial charge in [0.1, 0.15) is 0 Å². The molecule has 0 aromatic carbocycles. The third-order valence-corrected chi connectivity index (χ3v) is 4.35. The number of rotatable bonds is 9. The number of hydrogen-bond acceptors (Lipinski definition) is 4. The summed E-state index contributed by atoms with van der Waals surface area (Å²) in [6, 6.07) is 0. The average Bonchev–Trinajstić information content (AvgIpc) is 2.33. The van der Waals surface area contributed by atoms with Gasteiger partial charge < -0.3 is 20.1 Å². The maximum absolute atomic E-state index is 9.56. The minimum atomic E-state index is -0.250. The molecule has 1 aliphatic carbocycles. The number of hydrogen-bond donors (Lipinski definition) is 2. The lowest BCUT2D eigenvalue weighted by molar-refractivity contribution is 0.0651. The summed E-state index contributed by atoms with van der Waals surface area (Å²) in [5.74, 6) is 0.813. The lowest BCUT2D eigenvalue weighted by Crippen LogP contribution is -2.47. The molecule has 0 saturated heterocycles. The molecule has 20 heavy (non-hydrogen) atoms. The number of ether oxygens (including phenoxy) is 1. The number of aliphatic hydroxyl groups excluding tert-OH is 1. The molecule has 2 N–H and O–H groups in total. The van der Waals surface area contributed by atoms with Crippen LogP contribution in [0.4, 0.5) is 0 Å². The normalized spacial score (nSPS) is 28.8. The van der Waals surface area contributed by atoms with Crippen molar-refractivity contribution in [2.75, 3.05) is 46.9 Å². The van der Waals surface area contributed by atoms with Crippen LogP contribution >= 0.6 is 0 Å². The van der Waals surface area contributed by atoms with Crippen LogP contribution in [0, 0.1) is 11.3 Å². The molecule has 0 bridgehead atoms. The van der Waals surface area contributed by atoms with Crippen molar-refractivity contribution in [3.63, 3.8) is 0 Å². The van der Waals surface area contributed by atoms with E-state index in [2.05, 4.69) is 24.2 Å². The molecule has 3 unspecified atom stereocenters. The minimum absolute atomic E-state index is 0.250. The highest BCUT2D eigenvalue weighted by molar-refractivity contribution is 4.89. The van der Waals surface area contributed by atoms with Crippen LogP contribution in [0.3, 0.4) is 0 Å². The van der Waals surface area contributed by atoms with Gasteiger partial charge in [-0.15, -0.1) is 0 Å². The fraction of sp³-hybridized carbons (Fsp3) is 1.00. The summed E-state index contributed by atoms with van der Waals surface area (Å²) < 4.78 is 5.11. The Kier molecular flexibility index (Phi) is 8.03. The van der Waals surface area contributed by atoms with Crippen molar-refractivity contribution in [2.24, 2.45) is 11.3 Å². The molecule has 0 heterocycles. The van der Waals surface area contributed by atoms with Crippen molar-refractivity contribution in [1.29, 1.82) is 0 Å². The smallest absolute Gasteiger partial charge is 0.0638 e. The van der Waals surface area contributed by atoms with Crippen molar-refractivity contribution < 1.29 is 9.84 Å². The minimum Gasteiger partial charge on any atom is -0.392 e. The molecule has 1 aliphatic rings. The first-order valence-electron chi connectivity index (χ1n) is 8.04. The van der Waals surface area contributed by atoms with E-state index in [1.54, 1.807) is 7.11 Å². The molecule has 0 aromatic rings. The predicted octanol–water partition coefficient (Wildman–Crippen LogP) is 1.73. The molecule has 4 heteroatoms. The Bertz CT molecular complexity index is 261. The molecule has 1 rings (SSSR count). The Balaban J connectivity index is 2.53. The SMILES string of the molecule is COCCNCC1(CN(C)CC(C)O)CCCC(C)C1. The first-order valence-corrected chi connectivity index (χ1v) is 8.04. The monoisotopic (exact) mass is 286 g/mol. The topological polar surface area (TPSA) is 44.7 Å². The zero-order valence-electron chi connectivity index (χ0n) is 13.8. The van der Waals surface area contributed by atoms with Gasteiger partial charge >= 0.3 is 0 Å². The van der Waals surface area contributed by atoms with Crippen LogP contribution in [0.1, 0.15) is 39.5 Å². The first kappa shape index (κ1) is 17.9. The van der Waals surface area contributed by atoms with Gasteiger partial charge in [-0.3, -0.25) is 0 Å². The summed E-state index contributed by atoms with van der Waals surface area (Å²) in [4.78, 5) is 2.29. The second-order valence-corrected chi connectivity index (χ2v) is 6.92. The van der Waals surface area contributed by atoms with Gasteiger partial charge in [0.2, 0.25) is 0 Å². The van der Waals surface area contributed by atoms with Gasteiger partial charge in [-0.25, -0.2) is 0 Å². The molecule has 0 radical (unpaired) electrons. The molecule has 1 fully saturated rings. The van der Waals surface area contributed by atoms with Crippen molar-refractivity contribution in [3.05, 3.63) is 0 Å². The number of nitrogens with one attached hydrogen (secondary N) is 1. The van der Waals surface area contributed by atoms with Crippen LogP contribution in [-0.4, -0.2) is 63.1 Å². The first-order chi connectivity index (χ1) is 9.47. The van der Waals surface area contributed by atoms with Crippen molar-refractivity contribution in [1.82, 2.24) is 10.2 Å². The third kappa shape index (κ3) is 6.53. The molecule has 1 saturated carbocycles. The molecular formula is C16H34N2O2. The van der Waals surface area contributed by atoms with Crippen molar-refractivity contribution >= 4 is 0 Å². The Labute approximate surface area is 124 Å². The van der Waals surface area contributed by atoms with Crippen molar-refractivity contribution in [2.45, 2.75) is 45.6 Å². The fourth-order valence-electron chi connectivity index (χ4n) is 3.74. The van der Waals surface area contributed by atoms with E-state index in [1.165, 1.54) is 25.7 Å². The molecule has 120 valence electrons. The number of likely N-dealkylation sites (N-methyl/N-ethyl adjacent to an activating group) is 1. The largest absolute Gasteiger partial charge is 0.392 e. The maximum Gasteiger partial charge on any atom is 0.0638 e. The van der Waals surface area contributed by atoms with Gasteiger partial charge in [-0.2, -0.15) is 0 Å². The van der Waals surface area contributed by atoms with Gasteiger partial charge in [0.05, 0.1) is 12.7 Å². The van der Waals surface area contributed by atoms with Gasteiger partial charge in [0.25, 0.3) is 0 Å². The van der Waals surface area contributed by atoms with E-state index in [1.807, 2.05) is 6.92 Å². The summed E-state index contributed by atoms with van der Waals surface area (Å²) in [5, 5.41) is 13.1. The second kappa shape index (κ2) is 8.98. The maximum atomic E-state index is 9.56. The van der Waals surface area contributed by atoms with E-state index >= 15 is 0 Å². The fourth-order valence-corrected chi connectivity index (χ4v) is 3.74. The molecular weight excluding hydrogens is 252 g/mol. The summed E-state index contributed by atoms with van der Waals surface area (Å²) in [7, 11) is 3.87. The van der Waals surface area contributed by atoms with E-state index in [0.717, 1.165) is 38.7 Å². The molecule has 0 spiro atoms. The zero-order valence-corrected chi connectivity index (χ0v) is 13.8. The lowest BCUT2D eigenvalue weighted by atomic mass is 9.69. The highest BCUT2D eigenvalue weighted by atomic mass is 16.5. The van der Waals surface area contributed by atoms with Crippen LogP contribution in [0.2, 0.25) is 0 Å². The summed E-state index contributed by atoms with van der Waals surface area (Å²) >= 11 is 0. The Morgan fingerprint density at radius 1 is 1.50 bits per heavy atom. The van der Waals surface area contributed by atoms with E-state index in [4.69, 9.17) is 4.74 Å². The number of nitrogens with zero attached hydrogens (tertiary/aromatic N) is 1. The molecule has 3 atom stereocenters. The molecule has 0 aliphatic heterocycles. The zero-order chi connectivity index (χ0) is 15.0. The Morgan fingerprint density at radius 2 is 2.25 bits per heavy atom. The van der Waals surface area contributed by atoms with Gasteiger partial charge in [0.15, 0.2) is 0 Å². The van der Waals surface area contributed by atoms with E-state index in [-0.39, 0.29) is 6.10 Å². The van der Waals surface area contributed by atoms with Crippen LogP contribution in [0.15, 0.2) is 0 Å². The predicted molar refractivity (Wildman–Crippen MR) is 84.0 cm³/mol. The number of aliphatic hydroxyl groups is 1. The van der Waals surface area contributed by atoms with Crippen LogP contribution in [0.25, 0.3) is 0 Å². The Hall–Kier alpha value is -0.160. The van der Waals surface area contributed by atoms with Crippen LogP contribution < -0.4 is 5.32 Å². The number of methoxy groups -OCH3 is 1. The quantitative estimate of drug-likeness (QED) is 0.634. The molecule has 4 nitrogen and oxygen atoms in total. The Morgan fingerprint density at radius 3 is 2.85 bits per heavy atom. The van der Waals surface area contributed by atoms with Gasteiger partial charge in [-0.05, 0) is 38.1 Å². The summed E-state index contributed by atoms with van der Waals surface area (Å²) in [6.45, 7) is 8.82. The average molecular weight is 286 g/mol. The van der Waals surface area contributed by atoms with Crippen molar-refractivity contribution in [3.8, 4) is 0 Å². The highest BCUT2D eigenvalue weighted by Gasteiger charge is 2.35. The second-order valence-electron chi connectivity index (χ2n) is 6.92. The molecule has 0 amide bonds. The molecule has 0 aromatic heterocycles. The van der Waals surface area contributed by atoms with Gasteiger partial charge in [-0.1, -0.05) is 19.8 Å². The van der Waals surface area contributed by atoms with E-state index in [0.29, 0.717) is 5.41 Å². The summed E-state index contributed by atoms with van der Waals surface area (Å²) in [6.07, 6.45) is 5.02.